The van der Waals surface area contributed by atoms with Crippen LogP contribution in [-0.4, -0.2) is 19.4 Å². The number of benzene rings is 9. The van der Waals surface area contributed by atoms with Crippen molar-refractivity contribution in [2.75, 3.05) is 4.90 Å². The Hall–Kier alpha value is -7.08. The zero-order chi connectivity index (χ0) is 37.0. The van der Waals surface area contributed by atoms with Gasteiger partial charge >= 0.3 is 6.85 Å². The lowest BCUT2D eigenvalue weighted by Crippen LogP contribution is -2.78. The summed E-state index contributed by atoms with van der Waals surface area (Å²) in [6.07, 6.45) is 0. The van der Waals surface area contributed by atoms with E-state index in [1.54, 1.807) is 0 Å². The third kappa shape index (κ3) is 3.56. The predicted octanol–water partition coefficient (Wildman–Crippen LogP) is 8.96. The molecule has 0 unspecified atom stereocenters. The zero-order valence-corrected chi connectivity index (χ0v) is 31.8. The lowest BCUT2D eigenvalue weighted by molar-refractivity contribution is 0.669. The Balaban J connectivity index is 1.23. The fourth-order valence-corrected chi connectivity index (χ4v) is 16.4. The molecule has 2 aromatic heterocycles. The van der Waals surface area contributed by atoms with E-state index in [0.29, 0.717) is 0 Å². The van der Waals surface area contributed by atoms with Crippen molar-refractivity contribution in [2.24, 2.45) is 0 Å². The molecule has 0 spiro atoms. The van der Waals surface area contributed by atoms with E-state index in [1.807, 2.05) is 0 Å². The summed E-state index contributed by atoms with van der Waals surface area (Å²) in [6.45, 7) is -0.0848. The molecule has 0 radical (unpaired) electrons. The minimum Gasteiger partial charge on any atom is -0.454 e. The van der Waals surface area contributed by atoms with Gasteiger partial charge in [0.05, 0.1) is 5.69 Å². The maximum Gasteiger partial charge on any atom is 0.333 e. The number of fused-ring (bicyclic) bond motifs is 14. The Morgan fingerprint density at radius 1 is 0.474 bits per heavy atom. The van der Waals surface area contributed by atoms with Gasteiger partial charge in [0.25, 0.3) is 0 Å². The third-order valence-electron chi connectivity index (χ3n) is 13.4. The van der Waals surface area contributed by atoms with Crippen LogP contribution in [0.4, 0.5) is 17.1 Å². The molecule has 0 fully saturated rings. The number of hydrogen-bond donors (Lipinski definition) is 0. The van der Waals surface area contributed by atoms with Crippen molar-refractivity contribution in [2.45, 2.75) is 0 Å². The molecule has 262 valence electrons. The summed E-state index contributed by atoms with van der Waals surface area (Å²) >= 11 is 0. The lowest BCUT2D eigenvalue weighted by Gasteiger charge is -2.49. The van der Waals surface area contributed by atoms with E-state index < -0.39 is 8.07 Å². The van der Waals surface area contributed by atoms with Gasteiger partial charge in [-0.25, -0.2) is 0 Å². The second-order valence-electron chi connectivity index (χ2n) is 15.9. The van der Waals surface area contributed by atoms with Crippen LogP contribution in [0.2, 0.25) is 0 Å². The molecule has 5 heterocycles. The standard InChI is InChI=1S/C52H31BN2OSi/c1-3-17-34(18-4-1)57(35-19-5-2-6-20-35)46-27-12-10-25-43(46)54-50-42(24-14-28-47(50)57)53-48-40(31-41-36-21-9-11-26-45(36)56-52(41)51(48)54)38-23-13-22-37-39-29-32-15-7-8-16-33(32)30-44(39)55(53)49(37)38/h1-31H. The Kier molecular flexibility index (Phi) is 5.62. The molecule has 3 aliphatic heterocycles. The second-order valence-corrected chi connectivity index (χ2v) is 19.7. The van der Waals surface area contributed by atoms with E-state index in [2.05, 4.69) is 197 Å². The van der Waals surface area contributed by atoms with Crippen LogP contribution in [0.15, 0.2) is 192 Å². The van der Waals surface area contributed by atoms with Crippen molar-refractivity contribution in [3.8, 4) is 11.1 Å². The molecule has 3 nitrogen and oxygen atoms in total. The number of hydrogen-bond acceptors (Lipinski definition) is 2. The summed E-state index contributed by atoms with van der Waals surface area (Å²) in [6, 6.07) is 70.8. The van der Waals surface area contributed by atoms with E-state index >= 15 is 0 Å². The average Bonchev–Trinajstić information content (AvgIpc) is 3.81. The molecule has 0 aliphatic carbocycles. The fourth-order valence-electron chi connectivity index (χ4n) is 11.3. The Morgan fingerprint density at radius 3 is 1.96 bits per heavy atom. The smallest absolute Gasteiger partial charge is 0.333 e. The Bertz CT molecular complexity index is 3510. The third-order valence-corrected chi connectivity index (χ3v) is 18.2. The maximum atomic E-state index is 7.12. The van der Waals surface area contributed by atoms with Crippen LogP contribution in [-0.2, 0) is 0 Å². The quantitative estimate of drug-likeness (QED) is 0.165. The SMILES string of the molecule is c1ccc([Si]2(c3ccccc3)c3ccccc3N3c4c(cccc42)B2c4c(cc5c(oc6ccccc65)c43)-c3cccc4c5cc6ccccc6cc5n2c34)cc1. The summed E-state index contributed by atoms with van der Waals surface area (Å²) in [5.41, 5.74) is 13.3. The van der Waals surface area contributed by atoms with Crippen LogP contribution in [0.25, 0.3) is 65.6 Å². The number of para-hydroxylation sites is 4. The van der Waals surface area contributed by atoms with Gasteiger partial charge in [0, 0.05) is 49.5 Å². The highest BCUT2D eigenvalue weighted by molar-refractivity contribution is 7.21. The van der Waals surface area contributed by atoms with Gasteiger partial charge in [-0.05, 0) is 78.3 Å². The van der Waals surface area contributed by atoms with Crippen LogP contribution in [0.5, 0.6) is 0 Å². The number of rotatable bonds is 2. The van der Waals surface area contributed by atoms with Crippen molar-refractivity contribution >= 4 is 118 Å². The van der Waals surface area contributed by atoms with Gasteiger partial charge in [-0.1, -0.05) is 158 Å². The molecule has 3 aliphatic rings. The second kappa shape index (κ2) is 10.6. The summed E-state index contributed by atoms with van der Waals surface area (Å²) in [7, 11) is -2.88. The van der Waals surface area contributed by atoms with Crippen molar-refractivity contribution in [3.05, 3.63) is 188 Å². The molecule has 57 heavy (non-hydrogen) atoms. The van der Waals surface area contributed by atoms with Gasteiger partial charge < -0.3 is 13.8 Å². The minimum atomic E-state index is -2.88. The fraction of sp³-hybridized carbons (Fsp3) is 0. The molecular formula is C52H31BN2OSi. The highest BCUT2D eigenvalue weighted by Crippen LogP contribution is 2.50. The summed E-state index contributed by atoms with van der Waals surface area (Å²) in [4.78, 5) is 2.61. The average molecular weight is 739 g/mol. The predicted molar refractivity (Wildman–Crippen MR) is 242 cm³/mol. The van der Waals surface area contributed by atoms with Crippen LogP contribution in [0.1, 0.15) is 0 Å². The Labute approximate surface area is 329 Å². The molecule has 0 saturated heterocycles. The largest absolute Gasteiger partial charge is 0.454 e. The molecular weight excluding hydrogens is 707 g/mol. The molecule has 0 amide bonds. The normalized spacial score (nSPS) is 14.4. The first kappa shape index (κ1) is 30.2. The first-order valence-electron chi connectivity index (χ1n) is 19.9. The summed E-state index contributed by atoms with van der Waals surface area (Å²) in [5.74, 6) is 0. The monoisotopic (exact) mass is 738 g/mol. The molecule has 14 rings (SSSR count). The highest BCUT2D eigenvalue weighted by Gasteiger charge is 2.54. The molecule has 0 saturated carbocycles. The number of aromatic nitrogens is 1. The molecule has 0 atom stereocenters. The molecule has 9 aromatic carbocycles. The number of furan rings is 1. The van der Waals surface area contributed by atoms with Gasteiger partial charge in [0.1, 0.15) is 5.58 Å². The van der Waals surface area contributed by atoms with E-state index in [9.17, 15) is 0 Å². The van der Waals surface area contributed by atoms with Crippen molar-refractivity contribution < 1.29 is 4.42 Å². The van der Waals surface area contributed by atoms with Crippen molar-refractivity contribution in [3.63, 3.8) is 0 Å². The zero-order valence-electron chi connectivity index (χ0n) is 30.8. The van der Waals surface area contributed by atoms with Gasteiger partial charge in [-0.3, -0.25) is 0 Å². The number of anilines is 3. The lowest BCUT2D eigenvalue weighted by atomic mass is 9.45. The van der Waals surface area contributed by atoms with Crippen LogP contribution in [0.3, 0.4) is 0 Å². The van der Waals surface area contributed by atoms with E-state index in [1.165, 1.54) is 86.8 Å². The maximum absolute atomic E-state index is 7.12. The minimum absolute atomic E-state index is 0.0848. The van der Waals surface area contributed by atoms with Crippen LogP contribution >= 0.6 is 0 Å². The van der Waals surface area contributed by atoms with E-state index in [4.69, 9.17) is 4.42 Å². The summed E-state index contributed by atoms with van der Waals surface area (Å²) in [5, 5.41) is 13.0. The van der Waals surface area contributed by atoms with Gasteiger partial charge in [0.2, 0.25) is 0 Å². The molecule has 0 N–H and O–H groups in total. The Morgan fingerprint density at radius 2 is 1.14 bits per heavy atom. The number of nitrogens with zero attached hydrogens (tertiary/aromatic N) is 2. The first-order valence-corrected chi connectivity index (χ1v) is 21.9. The van der Waals surface area contributed by atoms with E-state index in [0.717, 1.165) is 27.6 Å². The van der Waals surface area contributed by atoms with Crippen molar-refractivity contribution in [1.29, 1.82) is 0 Å². The molecule has 11 aromatic rings. The first-order chi connectivity index (χ1) is 28.3. The van der Waals surface area contributed by atoms with E-state index in [-0.39, 0.29) is 6.85 Å². The topological polar surface area (TPSA) is 21.3 Å². The van der Waals surface area contributed by atoms with Crippen LogP contribution in [0, 0.1) is 0 Å². The van der Waals surface area contributed by atoms with Gasteiger partial charge in [0.15, 0.2) is 13.7 Å². The molecule has 5 heteroatoms. The van der Waals surface area contributed by atoms with Gasteiger partial charge in [-0.15, -0.1) is 0 Å². The summed E-state index contributed by atoms with van der Waals surface area (Å²) < 4.78 is 9.81. The van der Waals surface area contributed by atoms with Gasteiger partial charge in [-0.2, -0.15) is 0 Å². The van der Waals surface area contributed by atoms with Crippen LogP contribution < -0.4 is 36.6 Å². The van der Waals surface area contributed by atoms with Crippen molar-refractivity contribution in [1.82, 2.24) is 4.48 Å². The highest BCUT2D eigenvalue weighted by atomic mass is 28.3. The molecule has 0 bridgehead atoms.